The van der Waals surface area contributed by atoms with Gasteiger partial charge in [0.1, 0.15) is 11.6 Å². The number of hydrogen-bond donors (Lipinski definition) is 1. The molecule has 0 aliphatic rings. The summed E-state index contributed by atoms with van der Waals surface area (Å²) in [6.07, 6.45) is -4.74. The van der Waals surface area contributed by atoms with E-state index in [1.807, 2.05) is 0 Å². The molecule has 0 heterocycles. The molecule has 0 radical (unpaired) electrons. The van der Waals surface area contributed by atoms with Crippen LogP contribution < -0.4 is 10.5 Å². The first-order valence-corrected chi connectivity index (χ1v) is 6.62. The number of nitrogens with two attached hydrogens (primary N) is 1. The van der Waals surface area contributed by atoms with Gasteiger partial charge in [-0.1, -0.05) is 28.1 Å². The second kappa shape index (κ2) is 7.30. The SMILES string of the molecule is Cl.N[C@H](c1ccc(OC(F)(F)F)cc1)c1cc(F)ccc1Br. The smallest absolute Gasteiger partial charge is 0.406 e. The maximum atomic E-state index is 13.3. The van der Waals surface area contributed by atoms with Crippen molar-refractivity contribution < 1.29 is 22.3 Å². The summed E-state index contributed by atoms with van der Waals surface area (Å²) >= 11 is 3.26. The number of halogens is 6. The van der Waals surface area contributed by atoms with Crippen LogP contribution in [0.25, 0.3) is 0 Å². The third kappa shape index (κ3) is 4.86. The van der Waals surface area contributed by atoms with Gasteiger partial charge in [-0.15, -0.1) is 25.6 Å². The zero-order chi connectivity index (χ0) is 15.6. The van der Waals surface area contributed by atoms with Gasteiger partial charge >= 0.3 is 6.36 Å². The molecule has 0 unspecified atom stereocenters. The Morgan fingerprint density at radius 3 is 2.18 bits per heavy atom. The first kappa shape index (κ1) is 18.7. The molecule has 0 aliphatic heterocycles. The van der Waals surface area contributed by atoms with Gasteiger partial charge in [0.05, 0.1) is 6.04 Å². The molecular formula is C14H11BrClF4NO. The van der Waals surface area contributed by atoms with Crippen LogP contribution in [0.15, 0.2) is 46.9 Å². The van der Waals surface area contributed by atoms with Crippen LogP contribution in [-0.2, 0) is 0 Å². The number of rotatable bonds is 3. The van der Waals surface area contributed by atoms with E-state index in [0.717, 1.165) is 12.1 Å². The minimum absolute atomic E-state index is 0. The lowest BCUT2D eigenvalue weighted by atomic mass is 9.99. The molecule has 1 atom stereocenters. The highest BCUT2D eigenvalue weighted by Crippen LogP contribution is 2.29. The Labute approximate surface area is 138 Å². The number of benzene rings is 2. The van der Waals surface area contributed by atoms with Crippen LogP contribution in [0.3, 0.4) is 0 Å². The fourth-order valence-electron chi connectivity index (χ4n) is 1.81. The van der Waals surface area contributed by atoms with Gasteiger partial charge in [-0.05, 0) is 41.5 Å². The van der Waals surface area contributed by atoms with Gasteiger partial charge in [0.15, 0.2) is 0 Å². The summed E-state index contributed by atoms with van der Waals surface area (Å²) in [6.45, 7) is 0. The second-order valence-electron chi connectivity index (χ2n) is 4.26. The second-order valence-corrected chi connectivity index (χ2v) is 5.11. The normalized spacial score (nSPS) is 12.5. The van der Waals surface area contributed by atoms with Crippen molar-refractivity contribution in [1.29, 1.82) is 0 Å². The van der Waals surface area contributed by atoms with Crippen molar-refractivity contribution in [1.82, 2.24) is 0 Å². The van der Waals surface area contributed by atoms with E-state index < -0.39 is 18.2 Å². The maximum absolute atomic E-state index is 13.3. The van der Waals surface area contributed by atoms with Crippen LogP contribution in [0.1, 0.15) is 17.2 Å². The Kier molecular flexibility index (Phi) is 6.22. The molecule has 0 fully saturated rings. The minimum Gasteiger partial charge on any atom is -0.406 e. The van der Waals surface area contributed by atoms with Crippen molar-refractivity contribution >= 4 is 28.3 Å². The predicted molar refractivity (Wildman–Crippen MR) is 80.5 cm³/mol. The molecule has 2 aromatic rings. The monoisotopic (exact) mass is 399 g/mol. The lowest BCUT2D eigenvalue weighted by molar-refractivity contribution is -0.274. The zero-order valence-corrected chi connectivity index (χ0v) is 13.3. The van der Waals surface area contributed by atoms with Crippen LogP contribution in [0.5, 0.6) is 5.75 Å². The summed E-state index contributed by atoms with van der Waals surface area (Å²) < 4.78 is 53.8. The third-order valence-electron chi connectivity index (χ3n) is 2.77. The van der Waals surface area contributed by atoms with Crippen molar-refractivity contribution in [3.63, 3.8) is 0 Å². The largest absolute Gasteiger partial charge is 0.573 e. The highest BCUT2D eigenvalue weighted by atomic mass is 79.9. The van der Waals surface area contributed by atoms with Crippen molar-refractivity contribution in [2.24, 2.45) is 5.73 Å². The van der Waals surface area contributed by atoms with Gasteiger partial charge in [-0.2, -0.15) is 0 Å². The molecule has 120 valence electrons. The van der Waals surface area contributed by atoms with Gasteiger partial charge in [0.2, 0.25) is 0 Å². The van der Waals surface area contributed by atoms with E-state index in [0.29, 0.717) is 15.6 Å². The molecule has 22 heavy (non-hydrogen) atoms. The van der Waals surface area contributed by atoms with E-state index in [1.165, 1.54) is 30.3 Å². The Morgan fingerprint density at radius 1 is 1.05 bits per heavy atom. The molecule has 0 saturated carbocycles. The summed E-state index contributed by atoms with van der Waals surface area (Å²) in [5, 5.41) is 0. The summed E-state index contributed by atoms with van der Waals surface area (Å²) in [5.41, 5.74) is 7.04. The predicted octanol–water partition coefficient (Wildman–Crippen LogP) is 4.96. The van der Waals surface area contributed by atoms with E-state index in [2.05, 4.69) is 20.7 Å². The van der Waals surface area contributed by atoms with Crippen molar-refractivity contribution in [3.8, 4) is 5.75 Å². The van der Waals surface area contributed by atoms with Crippen LogP contribution in [0.4, 0.5) is 17.6 Å². The quantitative estimate of drug-likeness (QED) is 0.740. The number of hydrogen-bond acceptors (Lipinski definition) is 2. The molecule has 2 rings (SSSR count). The summed E-state index contributed by atoms with van der Waals surface area (Å²) in [6, 6.07) is 8.54. The van der Waals surface area contributed by atoms with Gasteiger partial charge in [-0.3, -0.25) is 0 Å². The molecular weight excluding hydrogens is 390 g/mol. The van der Waals surface area contributed by atoms with Gasteiger partial charge < -0.3 is 10.5 Å². The van der Waals surface area contributed by atoms with Crippen LogP contribution >= 0.6 is 28.3 Å². The summed E-state index contributed by atoms with van der Waals surface area (Å²) in [5.74, 6) is -0.780. The Morgan fingerprint density at radius 2 is 1.64 bits per heavy atom. The van der Waals surface area contributed by atoms with Gasteiger partial charge in [0, 0.05) is 4.47 Å². The van der Waals surface area contributed by atoms with Crippen LogP contribution in [0, 0.1) is 5.82 Å². The molecule has 2 nitrogen and oxygen atoms in total. The Hall–Kier alpha value is -1.31. The van der Waals surface area contributed by atoms with Crippen molar-refractivity contribution in [3.05, 3.63) is 63.9 Å². The molecule has 8 heteroatoms. The van der Waals surface area contributed by atoms with Crippen molar-refractivity contribution in [2.45, 2.75) is 12.4 Å². The first-order chi connectivity index (χ1) is 9.76. The van der Waals surface area contributed by atoms with E-state index in [4.69, 9.17) is 5.73 Å². The Bertz CT molecular complexity index is 634. The van der Waals surface area contributed by atoms with Gasteiger partial charge in [-0.25, -0.2) is 4.39 Å². The van der Waals surface area contributed by atoms with Gasteiger partial charge in [0.25, 0.3) is 0 Å². The van der Waals surface area contributed by atoms with E-state index in [9.17, 15) is 17.6 Å². The number of alkyl halides is 3. The van der Waals surface area contributed by atoms with E-state index >= 15 is 0 Å². The third-order valence-corrected chi connectivity index (χ3v) is 3.49. The van der Waals surface area contributed by atoms with E-state index in [1.54, 1.807) is 0 Å². The molecule has 0 spiro atoms. The topological polar surface area (TPSA) is 35.2 Å². The number of ether oxygens (including phenoxy) is 1. The highest BCUT2D eigenvalue weighted by Gasteiger charge is 2.31. The van der Waals surface area contributed by atoms with Crippen LogP contribution in [0.2, 0.25) is 0 Å². The lowest BCUT2D eigenvalue weighted by Gasteiger charge is -2.15. The highest BCUT2D eigenvalue weighted by molar-refractivity contribution is 9.10. The van der Waals surface area contributed by atoms with Crippen molar-refractivity contribution in [2.75, 3.05) is 0 Å². The molecule has 0 aromatic heterocycles. The first-order valence-electron chi connectivity index (χ1n) is 5.82. The zero-order valence-electron chi connectivity index (χ0n) is 10.9. The molecule has 2 aromatic carbocycles. The molecule has 2 N–H and O–H groups in total. The molecule has 0 aliphatic carbocycles. The Balaban J connectivity index is 0.00000242. The summed E-state index contributed by atoms with van der Waals surface area (Å²) in [7, 11) is 0. The standard InChI is InChI=1S/C14H10BrF4NO.ClH/c15-12-6-3-9(16)7-11(12)13(20)8-1-4-10(5-2-8)21-14(17,18)19;/h1-7,13H,20H2;1H/t13-;/m1./s1. The average molecular weight is 401 g/mol. The summed E-state index contributed by atoms with van der Waals surface area (Å²) in [4.78, 5) is 0. The maximum Gasteiger partial charge on any atom is 0.573 e. The minimum atomic E-state index is -4.74. The van der Waals surface area contributed by atoms with Crippen LogP contribution in [-0.4, -0.2) is 6.36 Å². The fourth-order valence-corrected chi connectivity index (χ4v) is 2.30. The molecule has 0 bridgehead atoms. The fraction of sp³-hybridized carbons (Fsp3) is 0.143. The average Bonchev–Trinajstić information content (AvgIpc) is 2.40. The van der Waals surface area contributed by atoms with E-state index in [-0.39, 0.29) is 18.2 Å². The molecule has 0 saturated heterocycles. The lowest BCUT2D eigenvalue weighted by Crippen LogP contribution is -2.17. The molecule has 0 amide bonds.